The van der Waals surface area contributed by atoms with Gasteiger partial charge in [-0.1, -0.05) is 102 Å². The van der Waals surface area contributed by atoms with E-state index in [-0.39, 0.29) is 0 Å². The standard InChI is InChI=1S/C30H42OSi/c1-5-6-7-8-9-10-11-12-13-14-20-31-28-16-18-30-27(24-28)23-26-22-25(15-17-29(26)30)19-21-32(2,3)4/h15-18,22,24H,5-14,20,23H2,1-4H3. The van der Waals surface area contributed by atoms with E-state index < -0.39 is 8.07 Å². The molecule has 0 saturated heterocycles. The first-order valence-electron chi connectivity index (χ1n) is 12.9. The second kappa shape index (κ2) is 12.3. The fraction of sp³-hybridized carbons (Fsp3) is 0.533. The molecule has 2 aromatic carbocycles. The van der Waals surface area contributed by atoms with Crippen LogP contribution in [0.25, 0.3) is 11.1 Å². The molecule has 0 radical (unpaired) electrons. The number of rotatable bonds is 12. The highest BCUT2D eigenvalue weighted by molar-refractivity contribution is 6.83. The molecule has 0 bridgehead atoms. The molecule has 0 heterocycles. The van der Waals surface area contributed by atoms with E-state index in [2.05, 4.69) is 74.4 Å². The zero-order valence-electron chi connectivity index (χ0n) is 20.9. The molecule has 32 heavy (non-hydrogen) atoms. The van der Waals surface area contributed by atoms with Gasteiger partial charge in [0.1, 0.15) is 13.8 Å². The topological polar surface area (TPSA) is 9.23 Å². The van der Waals surface area contributed by atoms with Crippen LogP contribution in [-0.4, -0.2) is 14.7 Å². The van der Waals surface area contributed by atoms with Crippen molar-refractivity contribution in [3.8, 4) is 28.3 Å². The van der Waals surface area contributed by atoms with Crippen LogP contribution >= 0.6 is 0 Å². The summed E-state index contributed by atoms with van der Waals surface area (Å²) in [5.41, 5.74) is 10.1. The fourth-order valence-corrected chi connectivity index (χ4v) is 4.91. The number of hydrogen-bond donors (Lipinski definition) is 0. The maximum atomic E-state index is 6.08. The summed E-state index contributed by atoms with van der Waals surface area (Å²) in [6, 6.07) is 13.3. The Balaban J connectivity index is 1.40. The largest absolute Gasteiger partial charge is 0.494 e. The second-order valence-corrected chi connectivity index (χ2v) is 15.1. The summed E-state index contributed by atoms with van der Waals surface area (Å²) in [5.74, 6) is 4.42. The molecule has 2 heteroatoms. The Hall–Kier alpha value is -1.98. The van der Waals surface area contributed by atoms with E-state index in [1.165, 1.54) is 80.0 Å². The maximum absolute atomic E-state index is 6.08. The third-order valence-corrected chi connectivity index (χ3v) is 7.08. The first-order chi connectivity index (χ1) is 15.5. The van der Waals surface area contributed by atoms with Crippen molar-refractivity contribution in [2.45, 2.75) is 97.2 Å². The Morgan fingerprint density at radius 2 is 1.34 bits per heavy atom. The van der Waals surface area contributed by atoms with Gasteiger partial charge in [-0.25, -0.2) is 0 Å². The molecule has 0 aromatic heterocycles. The average molecular weight is 447 g/mol. The van der Waals surface area contributed by atoms with Crippen LogP contribution in [-0.2, 0) is 6.42 Å². The predicted molar refractivity (Wildman–Crippen MR) is 142 cm³/mol. The van der Waals surface area contributed by atoms with Crippen molar-refractivity contribution >= 4 is 8.07 Å². The van der Waals surface area contributed by atoms with Gasteiger partial charge in [0.2, 0.25) is 0 Å². The Bertz CT molecular complexity index is 926. The van der Waals surface area contributed by atoms with Gasteiger partial charge in [0.25, 0.3) is 0 Å². The summed E-state index contributed by atoms with van der Waals surface area (Å²) in [6.07, 6.45) is 14.6. The van der Waals surface area contributed by atoms with E-state index in [1.54, 1.807) is 0 Å². The first-order valence-corrected chi connectivity index (χ1v) is 16.4. The highest BCUT2D eigenvalue weighted by Gasteiger charge is 2.19. The van der Waals surface area contributed by atoms with Gasteiger partial charge >= 0.3 is 0 Å². The molecule has 2 aromatic rings. The number of ether oxygens (including phenoxy) is 1. The van der Waals surface area contributed by atoms with Crippen LogP contribution in [0.3, 0.4) is 0 Å². The lowest BCUT2D eigenvalue weighted by atomic mass is 10.0. The zero-order valence-corrected chi connectivity index (χ0v) is 21.9. The second-order valence-electron chi connectivity index (χ2n) is 10.4. The van der Waals surface area contributed by atoms with Gasteiger partial charge in [-0.05, 0) is 59.4 Å². The normalized spacial score (nSPS) is 12.1. The van der Waals surface area contributed by atoms with Crippen LogP contribution < -0.4 is 4.74 Å². The van der Waals surface area contributed by atoms with Crippen LogP contribution in [0, 0.1) is 11.5 Å². The highest BCUT2D eigenvalue weighted by Crippen LogP contribution is 2.38. The molecule has 0 spiro atoms. The van der Waals surface area contributed by atoms with E-state index in [0.29, 0.717) is 0 Å². The monoisotopic (exact) mass is 446 g/mol. The van der Waals surface area contributed by atoms with Crippen LogP contribution in [0.15, 0.2) is 36.4 Å². The lowest BCUT2D eigenvalue weighted by molar-refractivity contribution is 0.304. The zero-order chi connectivity index (χ0) is 22.8. The summed E-state index contributed by atoms with van der Waals surface area (Å²) in [7, 11) is -1.35. The van der Waals surface area contributed by atoms with E-state index in [4.69, 9.17) is 4.74 Å². The van der Waals surface area contributed by atoms with E-state index in [1.807, 2.05) is 0 Å². The van der Waals surface area contributed by atoms with Gasteiger partial charge < -0.3 is 4.74 Å². The van der Waals surface area contributed by atoms with Gasteiger partial charge in [-0.2, -0.15) is 0 Å². The van der Waals surface area contributed by atoms with Crippen molar-refractivity contribution in [3.63, 3.8) is 0 Å². The minimum atomic E-state index is -1.35. The minimum absolute atomic E-state index is 0.832. The van der Waals surface area contributed by atoms with Crippen LogP contribution in [0.1, 0.15) is 87.8 Å². The molecule has 172 valence electrons. The molecule has 0 N–H and O–H groups in total. The summed E-state index contributed by atoms with van der Waals surface area (Å²) in [6.45, 7) is 9.99. The average Bonchev–Trinajstić information content (AvgIpc) is 3.12. The summed E-state index contributed by atoms with van der Waals surface area (Å²) in [4.78, 5) is 0. The Labute approximate surface area is 198 Å². The van der Waals surface area contributed by atoms with E-state index in [0.717, 1.165) is 30.8 Å². The Morgan fingerprint density at radius 1 is 0.750 bits per heavy atom. The molecule has 0 saturated carbocycles. The molecule has 0 aliphatic heterocycles. The highest BCUT2D eigenvalue weighted by atomic mass is 28.3. The molecular weight excluding hydrogens is 404 g/mol. The molecule has 0 unspecified atom stereocenters. The van der Waals surface area contributed by atoms with Gasteiger partial charge in [0.15, 0.2) is 0 Å². The minimum Gasteiger partial charge on any atom is -0.494 e. The number of hydrogen-bond acceptors (Lipinski definition) is 1. The van der Waals surface area contributed by atoms with Crippen molar-refractivity contribution in [3.05, 3.63) is 53.1 Å². The van der Waals surface area contributed by atoms with Crippen LogP contribution in [0.4, 0.5) is 0 Å². The number of unbranched alkanes of at least 4 members (excludes halogenated alkanes) is 9. The molecule has 1 aliphatic rings. The van der Waals surface area contributed by atoms with Gasteiger partial charge in [-0.15, -0.1) is 5.54 Å². The van der Waals surface area contributed by atoms with E-state index >= 15 is 0 Å². The summed E-state index contributed by atoms with van der Waals surface area (Å²) < 4.78 is 6.08. The Morgan fingerprint density at radius 3 is 2.00 bits per heavy atom. The molecule has 0 fully saturated rings. The lowest BCUT2D eigenvalue weighted by Gasteiger charge is -2.08. The van der Waals surface area contributed by atoms with Crippen molar-refractivity contribution in [1.29, 1.82) is 0 Å². The van der Waals surface area contributed by atoms with Crippen LogP contribution in [0.5, 0.6) is 5.75 Å². The van der Waals surface area contributed by atoms with Crippen molar-refractivity contribution in [2.24, 2.45) is 0 Å². The quantitative estimate of drug-likeness (QED) is 0.153. The van der Waals surface area contributed by atoms with Gasteiger partial charge in [0, 0.05) is 5.56 Å². The predicted octanol–water partition coefficient (Wildman–Crippen LogP) is 8.79. The molecule has 0 atom stereocenters. The SMILES string of the molecule is CCCCCCCCCCCCOc1ccc2c(c1)Cc1cc(C#C[Si](C)(C)C)ccc1-2. The maximum Gasteiger partial charge on any atom is 0.129 e. The molecule has 0 amide bonds. The van der Waals surface area contributed by atoms with Crippen molar-refractivity contribution in [2.75, 3.05) is 6.61 Å². The smallest absolute Gasteiger partial charge is 0.129 e. The molecule has 3 rings (SSSR count). The fourth-order valence-electron chi connectivity index (χ4n) is 4.39. The number of fused-ring (bicyclic) bond motifs is 3. The summed E-state index contributed by atoms with van der Waals surface area (Å²) in [5, 5.41) is 0. The van der Waals surface area contributed by atoms with E-state index in [9.17, 15) is 0 Å². The molecular formula is C30H42OSi. The third-order valence-electron chi connectivity index (χ3n) is 6.20. The lowest BCUT2D eigenvalue weighted by Crippen LogP contribution is -2.16. The molecule has 1 aliphatic carbocycles. The van der Waals surface area contributed by atoms with Crippen LogP contribution in [0.2, 0.25) is 19.6 Å². The first kappa shape index (κ1) is 24.7. The van der Waals surface area contributed by atoms with Gasteiger partial charge in [0.05, 0.1) is 6.61 Å². The number of benzene rings is 2. The third kappa shape index (κ3) is 7.86. The van der Waals surface area contributed by atoms with Crippen molar-refractivity contribution < 1.29 is 4.74 Å². The summed E-state index contributed by atoms with van der Waals surface area (Å²) >= 11 is 0. The van der Waals surface area contributed by atoms with Crippen molar-refractivity contribution in [1.82, 2.24) is 0 Å². The van der Waals surface area contributed by atoms with Gasteiger partial charge in [-0.3, -0.25) is 0 Å². The molecule has 1 nitrogen and oxygen atoms in total. The Kier molecular flexibility index (Phi) is 9.48.